The Bertz CT molecular complexity index is 833. The molecule has 2 aromatic rings. The zero-order chi connectivity index (χ0) is 19.3. The number of aliphatic carboxylic acids is 1. The second kappa shape index (κ2) is 8.61. The van der Waals surface area contributed by atoms with Crippen molar-refractivity contribution in [3.63, 3.8) is 0 Å². The summed E-state index contributed by atoms with van der Waals surface area (Å²) >= 11 is 0. The number of aromatic nitrogens is 1. The van der Waals surface area contributed by atoms with Crippen LogP contribution in [0.4, 0.5) is 5.82 Å². The van der Waals surface area contributed by atoms with E-state index in [1.807, 2.05) is 30.3 Å². The largest absolute Gasteiger partial charge is 0.493 e. The Morgan fingerprint density at radius 1 is 1.25 bits per heavy atom. The van der Waals surface area contributed by atoms with E-state index in [0.717, 1.165) is 68.4 Å². The summed E-state index contributed by atoms with van der Waals surface area (Å²) in [5, 5.41) is 9.04. The summed E-state index contributed by atoms with van der Waals surface area (Å²) in [6.45, 7) is 3.83. The Morgan fingerprint density at radius 2 is 2.11 bits per heavy atom. The summed E-state index contributed by atoms with van der Waals surface area (Å²) in [6, 6.07) is 12.2. The molecule has 0 unspecified atom stereocenters. The number of aryl methyl sites for hydroxylation is 1. The number of morpholine rings is 1. The number of rotatable bonds is 7. The number of carboxylic acids is 1. The van der Waals surface area contributed by atoms with Crippen molar-refractivity contribution in [2.45, 2.75) is 31.6 Å². The van der Waals surface area contributed by atoms with E-state index >= 15 is 0 Å². The molecule has 28 heavy (non-hydrogen) atoms. The molecule has 1 fully saturated rings. The lowest BCUT2D eigenvalue weighted by molar-refractivity contribution is -0.137. The normalized spacial score (nSPS) is 18.7. The summed E-state index contributed by atoms with van der Waals surface area (Å²) in [6.07, 6.45) is 2.78. The fourth-order valence-electron chi connectivity index (χ4n) is 4.04. The van der Waals surface area contributed by atoms with Crippen LogP contribution >= 0.6 is 0 Å². The molecule has 6 nitrogen and oxygen atoms in total. The maximum Gasteiger partial charge on any atom is 0.303 e. The predicted octanol–water partition coefficient (Wildman–Crippen LogP) is 3.04. The fraction of sp³-hybridized carbons (Fsp3) is 0.455. The Kier molecular flexibility index (Phi) is 5.76. The Morgan fingerprint density at radius 3 is 2.93 bits per heavy atom. The van der Waals surface area contributed by atoms with Gasteiger partial charge in [-0.3, -0.25) is 4.79 Å². The average Bonchev–Trinajstić information content (AvgIpc) is 3.10. The number of fused-ring (bicyclic) bond motifs is 1. The number of hydrogen-bond acceptors (Lipinski definition) is 5. The molecule has 0 spiro atoms. The molecule has 2 heterocycles. The molecular formula is C22H26N2O4. The first kappa shape index (κ1) is 18.7. The average molecular weight is 382 g/mol. The minimum absolute atomic E-state index is 0.133. The molecule has 1 atom stereocenters. The van der Waals surface area contributed by atoms with Gasteiger partial charge in [0.25, 0.3) is 0 Å². The van der Waals surface area contributed by atoms with E-state index in [0.29, 0.717) is 6.61 Å². The molecule has 148 valence electrons. The van der Waals surface area contributed by atoms with Crippen LogP contribution in [0.3, 0.4) is 0 Å². The number of ether oxygens (including phenoxy) is 2. The molecule has 1 aromatic heterocycles. The van der Waals surface area contributed by atoms with Crippen LogP contribution in [-0.2, 0) is 22.4 Å². The van der Waals surface area contributed by atoms with Crippen LogP contribution in [0, 0.1) is 0 Å². The van der Waals surface area contributed by atoms with E-state index in [-0.39, 0.29) is 12.3 Å². The maximum atomic E-state index is 11.0. The van der Waals surface area contributed by atoms with Gasteiger partial charge in [0.2, 0.25) is 0 Å². The van der Waals surface area contributed by atoms with E-state index < -0.39 is 5.97 Å². The van der Waals surface area contributed by atoms with Crippen molar-refractivity contribution in [2.75, 3.05) is 37.8 Å². The van der Waals surface area contributed by atoms with E-state index in [1.165, 1.54) is 5.56 Å². The van der Waals surface area contributed by atoms with Gasteiger partial charge in [-0.15, -0.1) is 0 Å². The molecule has 1 aliphatic heterocycles. The van der Waals surface area contributed by atoms with Gasteiger partial charge in [-0.1, -0.05) is 12.1 Å². The molecule has 1 saturated heterocycles. The molecule has 6 heteroatoms. The molecule has 1 aromatic carbocycles. The van der Waals surface area contributed by atoms with Gasteiger partial charge in [-0.2, -0.15) is 0 Å². The van der Waals surface area contributed by atoms with Crippen molar-refractivity contribution in [2.24, 2.45) is 0 Å². The molecule has 2 aliphatic rings. The van der Waals surface area contributed by atoms with Gasteiger partial charge in [0.15, 0.2) is 0 Å². The number of pyridine rings is 1. The van der Waals surface area contributed by atoms with Crippen molar-refractivity contribution >= 4 is 11.8 Å². The third-order valence-electron chi connectivity index (χ3n) is 5.49. The standard InChI is InChI=1S/C22H26N2O4/c25-22(26)15-17-5-4-16-14-19(6-7-20(16)17)28-11-8-18-2-1-3-21(23-18)24-9-12-27-13-10-24/h1-3,6-7,14,17H,4-5,8-13,15H2,(H,25,26)/t17-/m0/s1. The molecule has 0 amide bonds. The van der Waals surface area contributed by atoms with Crippen molar-refractivity contribution in [1.82, 2.24) is 4.98 Å². The maximum absolute atomic E-state index is 11.0. The van der Waals surface area contributed by atoms with Gasteiger partial charge < -0.3 is 19.5 Å². The third-order valence-corrected chi connectivity index (χ3v) is 5.49. The zero-order valence-electron chi connectivity index (χ0n) is 16.0. The molecule has 1 N–H and O–H groups in total. The molecular weight excluding hydrogens is 356 g/mol. The summed E-state index contributed by atoms with van der Waals surface area (Å²) < 4.78 is 11.4. The van der Waals surface area contributed by atoms with Crippen LogP contribution < -0.4 is 9.64 Å². The van der Waals surface area contributed by atoms with E-state index in [4.69, 9.17) is 19.6 Å². The van der Waals surface area contributed by atoms with Crippen LogP contribution in [-0.4, -0.2) is 49.0 Å². The van der Waals surface area contributed by atoms with E-state index in [1.54, 1.807) is 0 Å². The molecule has 1 aliphatic carbocycles. The third kappa shape index (κ3) is 4.44. The molecule has 0 saturated carbocycles. The number of carbonyl (C=O) groups is 1. The first-order valence-electron chi connectivity index (χ1n) is 9.95. The number of hydrogen-bond donors (Lipinski definition) is 1. The quantitative estimate of drug-likeness (QED) is 0.794. The lowest BCUT2D eigenvalue weighted by Gasteiger charge is -2.28. The van der Waals surface area contributed by atoms with Crippen molar-refractivity contribution in [1.29, 1.82) is 0 Å². The Hall–Kier alpha value is -2.60. The van der Waals surface area contributed by atoms with Gasteiger partial charge >= 0.3 is 5.97 Å². The number of anilines is 1. The number of benzene rings is 1. The first-order chi connectivity index (χ1) is 13.7. The SMILES string of the molecule is O=C(O)C[C@@H]1CCc2cc(OCCc3cccc(N4CCOCC4)n3)ccc21. The molecule has 0 bridgehead atoms. The highest BCUT2D eigenvalue weighted by molar-refractivity contribution is 5.68. The van der Waals surface area contributed by atoms with Crippen molar-refractivity contribution in [3.8, 4) is 5.75 Å². The van der Waals surface area contributed by atoms with Crippen LogP contribution in [0.2, 0.25) is 0 Å². The van der Waals surface area contributed by atoms with Crippen LogP contribution in [0.25, 0.3) is 0 Å². The lowest BCUT2D eigenvalue weighted by atomic mass is 9.98. The first-order valence-corrected chi connectivity index (χ1v) is 9.95. The predicted molar refractivity (Wildman–Crippen MR) is 106 cm³/mol. The summed E-state index contributed by atoms with van der Waals surface area (Å²) in [5.41, 5.74) is 3.40. The summed E-state index contributed by atoms with van der Waals surface area (Å²) in [7, 11) is 0. The van der Waals surface area contributed by atoms with E-state index in [9.17, 15) is 4.79 Å². The number of nitrogens with zero attached hydrogens (tertiary/aromatic N) is 2. The smallest absolute Gasteiger partial charge is 0.303 e. The highest BCUT2D eigenvalue weighted by Crippen LogP contribution is 2.37. The van der Waals surface area contributed by atoms with Crippen LogP contribution in [0.15, 0.2) is 36.4 Å². The fourth-order valence-corrected chi connectivity index (χ4v) is 4.04. The van der Waals surface area contributed by atoms with Gasteiger partial charge in [-0.25, -0.2) is 4.98 Å². The van der Waals surface area contributed by atoms with Crippen LogP contribution in [0.1, 0.15) is 35.6 Å². The highest BCUT2D eigenvalue weighted by atomic mass is 16.5. The van der Waals surface area contributed by atoms with Crippen molar-refractivity contribution < 1.29 is 19.4 Å². The highest BCUT2D eigenvalue weighted by Gasteiger charge is 2.24. The second-order valence-corrected chi connectivity index (χ2v) is 7.38. The topological polar surface area (TPSA) is 71.9 Å². The van der Waals surface area contributed by atoms with Gasteiger partial charge in [0.05, 0.1) is 26.2 Å². The van der Waals surface area contributed by atoms with Gasteiger partial charge in [0.1, 0.15) is 11.6 Å². The summed E-state index contributed by atoms with van der Waals surface area (Å²) in [4.78, 5) is 18.0. The van der Waals surface area contributed by atoms with Crippen molar-refractivity contribution in [3.05, 3.63) is 53.2 Å². The lowest BCUT2D eigenvalue weighted by Crippen LogP contribution is -2.36. The number of carboxylic acid groups (broad SMARTS) is 1. The molecule has 0 radical (unpaired) electrons. The monoisotopic (exact) mass is 382 g/mol. The van der Waals surface area contributed by atoms with Gasteiger partial charge in [-0.05, 0) is 54.2 Å². The van der Waals surface area contributed by atoms with Gasteiger partial charge in [0, 0.05) is 25.2 Å². The molecule has 4 rings (SSSR count). The zero-order valence-corrected chi connectivity index (χ0v) is 16.0. The minimum Gasteiger partial charge on any atom is -0.493 e. The Labute approximate surface area is 165 Å². The minimum atomic E-state index is -0.731. The van der Waals surface area contributed by atoms with E-state index in [2.05, 4.69) is 11.0 Å². The summed E-state index contributed by atoms with van der Waals surface area (Å²) in [5.74, 6) is 1.25. The Balaban J connectivity index is 1.33. The van der Waals surface area contributed by atoms with Crippen LogP contribution in [0.5, 0.6) is 5.75 Å². The second-order valence-electron chi connectivity index (χ2n) is 7.38.